The average molecular weight is 367 g/mol. The van der Waals surface area contributed by atoms with Crippen LogP contribution in [0.5, 0.6) is 0 Å². The van der Waals surface area contributed by atoms with Gasteiger partial charge in [-0.3, -0.25) is 19.5 Å². The summed E-state index contributed by atoms with van der Waals surface area (Å²) in [5.41, 5.74) is 1.29. The van der Waals surface area contributed by atoms with Gasteiger partial charge in [0.1, 0.15) is 5.82 Å². The van der Waals surface area contributed by atoms with E-state index < -0.39 is 0 Å². The summed E-state index contributed by atoms with van der Waals surface area (Å²) in [6, 6.07) is 6.35. The Balaban J connectivity index is 1.45. The van der Waals surface area contributed by atoms with E-state index in [0.29, 0.717) is 23.3 Å². The predicted octanol–water partition coefficient (Wildman–Crippen LogP) is 1.14. The summed E-state index contributed by atoms with van der Waals surface area (Å²) < 4.78 is 0. The minimum Gasteiger partial charge on any atom is -0.341 e. The number of aromatic nitrogens is 3. The number of carbonyl (C=O) groups is 1. The molecular formula is C20H25N5O2. The first-order chi connectivity index (χ1) is 13.1. The van der Waals surface area contributed by atoms with Gasteiger partial charge in [-0.2, -0.15) is 0 Å². The van der Waals surface area contributed by atoms with Gasteiger partial charge < -0.3 is 9.88 Å². The highest BCUT2D eigenvalue weighted by molar-refractivity contribution is 5.78. The van der Waals surface area contributed by atoms with Gasteiger partial charge in [0.2, 0.25) is 5.91 Å². The van der Waals surface area contributed by atoms with Crippen LogP contribution in [0.2, 0.25) is 0 Å². The van der Waals surface area contributed by atoms with E-state index in [1.807, 2.05) is 23.2 Å². The number of aryl methyl sites for hydroxylation is 1. The highest BCUT2D eigenvalue weighted by atomic mass is 16.2. The van der Waals surface area contributed by atoms with E-state index in [4.69, 9.17) is 0 Å². The van der Waals surface area contributed by atoms with Gasteiger partial charge in [0.25, 0.3) is 5.56 Å². The first-order valence-corrected chi connectivity index (χ1v) is 9.55. The molecule has 7 heteroatoms. The van der Waals surface area contributed by atoms with E-state index in [1.165, 1.54) is 6.20 Å². The fourth-order valence-corrected chi connectivity index (χ4v) is 4.19. The number of hydrogen-bond donors (Lipinski definition) is 1. The second kappa shape index (κ2) is 7.60. The number of hydrogen-bond acceptors (Lipinski definition) is 5. The van der Waals surface area contributed by atoms with Crippen LogP contribution in [0.1, 0.15) is 29.9 Å². The molecule has 3 saturated heterocycles. The van der Waals surface area contributed by atoms with Gasteiger partial charge in [-0.1, -0.05) is 6.07 Å². The molecule has 1 amide bonds. The molecule has 2 atom stereocenters. The van der Waals surface area contributed by atoms with Crippen molar-refractivity contribution in [1.82, 2.24) is 24.8 Å². The molecule has 1 N–H and O–H groups in total. The molecule has 7 nitrogen and oxygen atoms in total. The number of fused-ring (bicyclic) bond motifs is 4. The molecule has 0 saturated carbocycles. The SMILES string of the molecule is Cc1ncc(CC(=O)N2C[C@H]3CC[C@@H](C2)N(Cc2ccccn2)C3)c(=O)[nH]1. The van der Waals surface area contributed by atoms with E-state index in [9.17, 15) is 9.59 Å². The van der Waals surface area contributed by atoms with Crippen molar-refractivity contribution in [2.24, 2.45) is 5.92 Å². The number of H-pyrrole nitrogens is 1. The van der Waals surface area contributed by atoms with E-state index in [1.54, 1.807) is 6.92 Å². The molecule has 0 spiro atoms. The molecule has 5 heterocycles. The van der Waals surface area contributed by atoms with Gasteiger partial charge >= 0.3 is 0 Å². The third-order valence-corrected chi connectivity index (χ3v) is 5.61. The molecule has 0 aliphatic carbocycles. The number of piperidine rings is 1. The van der Waals surface area contributed by atoms with Gasteiger partial charge in [-0.25, -0.2) is 4.98 Å². The maximum Gasteiger partial charge on any atom is 0.254 e. The zero-order valence-electron chi connectivity index (χ0n) is 15.6. The van der Waals surface area contributed by atoms with Gasteiger partial charge in [0.05, 0.1) is 12.1 Å². The van der Waals surface area contributed by atoms with Crippen molar-refractivity contribution in [3.63, 3.8) is 0 Å². The summed E-state index contributed by atoms with van der Waals surface area (Å²) in [5, 5.41) is 0. The van der Waals surface area contributed by atoms with E-state index in [0.717, 1.165) is 44.7 Å². The molecule has 0 aromatic carbocycles. The maximum absolute atomic E-state index is 12.9. The molecule has 2 aromatic heterocycles. The van der Waals surface area contributed by atoms with Crippen LogP contribution in [0, 0.1) is 12.8 Å². The Morgan fingerprint density at radius 2 is 2.11 bits per heavy atom. The molecule has 3 aliphatic rings. The molecule has 27 heavy (non-hydrogen) atoms. The Labute approximate surface area is 158 Å². The smallest absolute Gasteiger partial charge is 0.254 e. The van der Waals surface area contributed by atoms with Gasteiger partial charge in [0.15, 0.2) is 0 Å². The van der Waals surface area contributed by atoms with Crippen molar-refractivity contribution in [2.75, 3.05) is 19.6 Å². The Kier molecular flexibility index (Phi) is 5.03. The van der Waals surface area contributed by atoms with Crippen LogP contribution in [0.25, 0.3) is 0 Å². The van der Waals surface area contributed by atoms with Gasteiger partial charge in [-0.15, -0.1) is 0 Å². The molecule has 0 unspecified atom stereocenters. The standard InChI is InChI=1S/C20H25N5O2/c1-14-22-9-16(20(27)23-14)8-19(26)25-11-15-5-6-18(13-25)24(10-15)12-17-4-2-3-7-21-17/h2-4,7,9,15,18H,5-6,8,10-13H2,1H3,(H,22,23,27)/t15-,18-/m0/s1. The number of pyridine rings is 1. The second-order valence-corrected chi connectivity index (χ2v) is 7.65. The monoisotopic (exact) mass is 367 g/mol. The molecule has 2 aromatic rings. The van der Waals surface area contributed by atoms with Gasteiger partial charge in [0, 0.05) is 50.2 Å². The highest BCUT2D eigenvalue weighted by Crippen LogP contribution is 2.29. The zero-order valence-corrected chi connectivity index (χ0v) is 15.6. The van der Waals surface area contributed by atoms with Crippen molar-refractivity contribution in [3.8, 4) is 0 Å². The molecule has 2 bridgehead atoms. The zero-order chi connectivity index (χ0) is 18.8. The molecule has 142 valence electrons. The third-order valence-electron chi connectivity index (χ3n) is 5.61. The van der Waals surface area contributed by atoms with Crippen molar-refractivity contribution in [2.45, 2.75) is 38.8 Å². The maximum atomic E-state index is 12.9. The third kappa shape index (κ3) is 4.08. The van der Waals surface area contributed by atoms with Crippen LogP contribution in [0.3, 0.4) is 0 Å². The number of rotatable bonds is 4. The number of carbonyl (C=O) groups excluding carboxylic acids is 1. The van der Waals surface area contributed by atoms with Crippen molar-refractivity contribution in [1.29, 1.82) is 0 Å². The van der Waals surface area contributed by atoms with Crippen LogP contribution in [-0.2, 0) is 17.8 Å². The van der Waals surface area contributed by atoms with Crippen molar-refractivity contribution in [3.05, 3.63) is 58.0 Å². The lowest BCUT2D eigenvalue weighted by Crippen LogP contribution is -2.44. The van der Waals surface area contributed by atoms with Crippen LogP contribution < -0.4 is 5.56 Å². The summed E-state index contributed by atoms with van der Waals surface area (Å²) in [6.45, 7) is 5.05. The number of amides is 1. The Morgan fingerprint density at radius 3 is 2.89 bits per heavy atom. The van der Waals surface area contributed by atoms with E-state index >= 15 is 0 Å². The van der Waals surface area contributed by atoms with Crippen LogP contribution in [-0.4, -0.2) is 56.3 Å². The van der Waals surface area contributed by atoms with Crippen molar-refractivity contribution < 1.29 is 4.79 Å². The first kappa shape index (κ1) is 17.9. The lowest BCUT2D eigenvalue weighted by Gasteiger charge is -2.35. The Morgan fingerprint density at radius 1 is 1.22 bits per heavy atom. The van der Waals surface area contributed by atoms with Crippen LogP contribution in [0.4, 0.5) is 0 Å². The summed E-state index contributed by atoms with van der Waals surface area (Å²) in [4.78, 5) is 40.5. The van der Waals surface area contributed by atoms with Gasteiger partial charge in [-0.05, 0) is 37.8 Å². The molecular weight excluding hydrogens is 342 g/mol. The fourth-order valence-electron chi connectivity index (χ4n) is 4.19. The topological polar surface area (TPSA) is 82.2 Å². The lowest BCUT2D eigenvalue weighted by molar-refractivity contribution is -0.130. The average Bonchev–Trinajstić information content (AvgIpc) is 2.97. The summed E-state index contributed by atoms with van der Waals surface area (Å²) in [5.74, 6) is 1.06. The van der Waals surface area contributed by atoms with Crippen molar-refractivity contribution >= 4 is 5.91 Å². The molecule has 5 rings (SSSR count). The summed E-state index contributed by atoms with van der Waals surface area (Å²) >= 11 is 0. The summed E-state index contributed by atoms with van der Waals surface area (Å²) in [7, 11) is 0. The predicted molar refractivity (Wildman–Crippen MR) is 101 cm³/mol. The number of aromatic amines is 1. The highest BCUT2D eigenvalue weighted by Gasteiger charge is 2.36. The van der Waals surface area contributed by atoms with E-state index in [-0.39, 0.29) is 17.9 Å². The van der Waals surface area contributed by atoms with Crippen LogP contribution in [0.15, 0.2) is 35.4 Å². The number of nitrogens with zero attached hydrogens (tertiary/aromatic N) is 4. The largest absolute Gasteiger partial charge is 0.341 e. The Bertz CT molecular complexity index is 866. The van der Waals surface area contributed by atoms with E-state index in [2.05, 4.69) is 25.9 Å². The number of nitrogens with one attached hydrogen (secondary N) is 1. The first-order valence-electron chi connectivity index (χ1n) is 9.55. The molecule has 3 aliphatic heterocycles. The molecule has 3 fully saturated rings. The lowest BCUT2D eigenvalue weighted by atomic mass is 9.95. The normalized spacial score (nSPS) is 22.6. The minimum atomic E-state index is -0.217. The fraction of sp³-hybridized carbons (Fsp3) is 0.500. The summed E-state index contributed by atoms with van der Waals surface area (Å²) in [6.07, 6.45) is 5.72. The molecule has 0 radical (unpaired) electrons. The minimum absolute atomic E-state index is 0.0164. The Hall–Kier alpha value is -2.54. The second-order valence-electron chi connectivity index (χ2n) is 7.65. The quantitative estimate of drug-likeness (QED) is 0.876. The van der Waals surface area contributed by atoms with Crippen LogP contribution >= 0.6 is 0 Å².